The van der Waals surface area contributed by atoms with Crippen LogP contribution in [0.1, 0.15) is 18.1 Å². The van der Waals surface area contributed by atoms with Crippen LogP contribution in [0.25, 0.3) is 0 Å². The summed E-state index contributed by atoms with van der Waals surface area (Å²) in [5, 5.41) is 19.6. The number of benzene rings is 1. The second-order valence-corrected chi connectivity index (χ2v) is 4.87. The monoisotopic (exact) mass is 330 g/mol. The normalized spacial score (nSPS) is 14.9. The van der Waals surface area contributed by atoms with Crippen LogP contribution < -0.4 is 0 Å². The third-order valence-electron chi connectivity index (χ3n) is 2.12. The molecular weight excluding hydrogens is 322 g/mol. The van der Waals surface area contributed by atoms with Gasteiger partial charge in [-0.25, -0.2) is 4.39 Å². The van der Waals surface area contributed by atoms with Gasteiger partial charge in [-0.2, -0.15) is 0 Å². The van der Waals surface area contributed by atoms with E-state index in [9.17, 15) is 14.6 Å². The van der Waals surface area contributed by atoms with Gasteiger partial charge < -0.3 is 10.2 Å². The molecule has 2 atom stereocenters. The standard InChI is InChI=1S/C10H10BrCl2FO2/c11-2-1-8(15)10(16)5-3-6(12)9(13)7(14)4-5/h3-4,8,10,15-16H,1-2H2. The van der Waals surface area contributed by atoms with Crippen molar-refractivity contribution in [1.82, 2.24) is 0 Å². The van der Waals surface area contributed by atoms with Crippen molar-refractivity contribution in [2.24, 2.45) is 0 Å². The average molecular weight is 332 g/mol. The van der Waals surface area contributed by atoms with E-state index in [1.807, 2.05) is 0 Å². The zero-order chi connectivity index (χ0) is 12.3. The van der Waals surface area contributed by atoms with Crippen LogP contribution in [-0.4, -0.2) is 21.6 Å². The maximum Gasteiger partial charge on any atom is 0.143 e. The van der Waals surface area contributed by atoms with Crippen LogP contribution in [0.5, 0.6) is 0 Å². The van der Waals surface area contributed by atoms with Crippen molar-refractivity contribution in [2.75, 3.05) is 5.33 Å². The van der Waals surface area contributed by atoms with Crippen molar-refractivity contribution in [3.63, 3.8) is 0 Å². The van der Waals surface area contributed by atoms with Gasteiger partial charge in [0.15, 0.2) is 0 Å². The van der Waals surface area contributed by atoms with Gasteiger partial charge in [0.1, 0.15) is 11.9 Å². The van der Waals surface area contributed by atoms with E-state index in [0.717, 1.165) is 6.07 Å². The lowest BCUT2D eigenvalue weighted by Gasteiger charge is -2.17. The molecule has 0 bridgehead atoms. The first-order valence-electron chi connectivity index (χ1n) is 4.54. The van der Waals surface area contributed by atoms with E-state index in [1.54, 1.807) is 0 Å². The van der Waals surface area contributed by atoms with Crippen molar-refractivity contribution in [3.05, 3.63) is 33.6 Å². The first kappa shape index (κ1) is 14.2. The van der Waals surface area contributed by atoms with Crippen molar-refractivity contribution < 1.29 is 14.6 Å². The van der Waals surface area contributed by atoms with E-state index in [0.29, 0.717) is 11.8 Å². The Labute approximate surface area is 111 Å². The molecule has 2 unspecified atom stereocenters. The molecule has 2 nitrogen and oxygen atoms in total. The number of alkyl halides is 1. The van der Waals surface area contributed by atoms with Crippen LogP contribution in [0.3, 0.4) is 0 Å². The largest absolute Gasteiger partial charge is 0.390 e. The molecule has 0 aliphatic rings. The average Bonchev–Trinajstić information content (AvgIpc) is 2.24. The van der Waals surface area contributed by atoms with Gasteiger partial charge in [0.2, 0.25) is 0 Å². The van der Waals surface area contributed by atoms with Crippen LogP contribution in [0, 0.1) is 5.82 Å². The highest BCUT2D eigenvalue weighted by Gasteiger charge is 2.20. The van der Waals surface area contributed by atoms with Gasteiger partial charge in [0, 0.05) is 5.33 Å². The van der Waals surface area contributed by atoms with Crippen LogP contribution in [0.15, 0.2) is 12.1 Å². The Morgan fingerprint density at radius 2 is 1.94 bits per heavy atom. The minimum absolute atomic E-state index is 0.0155. The molecule has 0 heterocycles. The predicted molar refractivity (Wildman–Crippen MR) is 65.8 cm³/mol. The summed E-state index contributed by atoms with van der Waals surface area (Å²) < 4.78 is 13.2. The van der Waals surface area contributed by atoms with Crippen LogP contribution >= 0.6 is 39.1 Å². The molecule has 0 saturated heterocycles. The van der Waals surface area contributed by atoms with E-state index in [1.165, 1.54) is 6.07 Å². The SMILES string of the molecule is OC(CCBr)C(O)c1cc(F)c(Cl)c(Cl)c1. The summed E-state index contributed by atoms with van der Waals surface area (Å²) in [5.41, 5.74) is 0.209. The van der Waals surface area contributed by atoms with Crippen molar-refractivity contribution in [2.45, 2.75) is 18.6 Å². The Bertz CT molecular complexity index is 353. The Kier molecular flexibility index (Phi) is 5.47. The van der Waals surface area contributed by atoms with Crippen molar-refractivity contribution >= 4 is 39.1 Å². The van der Waals surface area contributed by atoms with Gasteiger partial charge >= 0.3 is 0 Å². The number of aliphatic hydroxyl groups is 2. The zero-order valence-corrected chi connectivity index (χ0v) is 11.2. The van der Waals surface area contributed by atoms with E-state index in [4.69, 9.17) is 23.2 Å². The number of hydrogen-bond donors (Lipinski definition) is 2. The molecule has 1 aromatic carbocycles. The van der Waals surface area contributed by atoms with Gasteiger partial charge in [-0.3, -0.25) is 0 Å². The minimum atomic E-state index is -1.18. The molecule has 16 heavy (non-hydrogen) atoms. The fourth-order valence-corrected chi connectivity index (χ4v) is 2.03. The van der Waals surface area contributed by atoms with Gasteiger partial charge in [0.05, 0.1) is 16.1 Å². The number of rotatable bonds is 4. The molecule has 90 valence electrons. The minimum Gasteiger partial charge on any atom is -0.390 e. The quantitative estimate of drug-likeness (QED) is 0.656. The van der Waals surface area contributed by atoms with E-state index >= 15 is 0 Å². The van der Waals surface area contributed by atoms with Gasteiger partial charge in [-0.05, 0) is 24.1 Å². The Morgan fingerprint density at radius 3 is 2.44 bits per heavy atom. The molecule has 0 saturated carbocycles. The summed E-state index contributed by atoms with van der Waals surface area (Å²) in [6.45, 7) is 0. The Morgan fingerprint density at radius 1 is 1.31 bits per heavy atom. The summed E-state index contributed by atoms with van der Waals surface area (Å²) in [7, 11) is 0. The van der Waals surface area contributed by atoms with Gasteiger partial charge in [0.25, 0.3) is 0 Å². The molecular formula is C10H10BrCl2FO2. The highest BCUT2D eigenvalue weighted by atomic mass is 79.9. The second kappa shape index (κ2) is 6.17. The third kappa shape index (κ3) is 3.31. The topological polar surface area (TPSA) is 40.5 Å². The molecule has 0 aliphatic carbocycles. The Hall–Kier alpha value is 0.130. The highest BCUT2D eigenvalue weighted by molar-refractivity contribution is 9.09. The van der Waals surface area contributed by atoms with Crippen LogP contribution in [0.4, 0.5) is 4.39 Å². The number of hydrogen-bond acceptors (Lipinski definition) is 2. The lowest BCUT2D eigenvalue weighted by atomic mass is 10.0. The molecule has 2 N–H and O–H groups in total. The molecule has 0 amide bonds. The fraction of sp³-hybridized carbons (Fsp3) is 0.400. The first-order valence-corrected chi connectivity index (χ1v) is 6.41. The maximum atomic E-state index is 13.2. The molecule has 0 fully saturated rings. The Balaban J connectivity index is 2.96. The van der Waals surface area contributed by atoms with E-state index in [2.05, 4.69) is 15.9 Å². The molecule has 1 aromatic rings. The summed E-state index contributed by atoms with van der Waals surface area (Å²) in [6, 6.07) is 2.41. The lowest BCUT2D eigenvalue weighted by molar-refractivity contribution is 0.0172. The maximum absolute atomic E-state index is 13.2. The first-order chi connectivity index (χ1) is 7.47. The fourth-order valence-electron chi connectivity index (χ4n) is 1.24. The van der Waals surface area contributed by atoms with E-state index in [-0.39, 0.29) is 15.6 Å². The zero-order valence-electron chi connectivity index (χ0n) is 8.13. The molecule has 1 rings (SSSR count). The van der Waals surface area contributed by atoms with E-state index < -0.39 is 18.0 Å². The highest BCUT2D eigenvalue weighted by Crippen LogP contribution is 2.30. The molecule has 0 aromatic heterocycles. The summed E-state index contributed by atoms with van der Waals surface area (Å²) >= 11 is 14.3. The molecule has 0 radical (unpaired) electrons. The predicted octanol–water partition coefficient (Wildman–Crippen LogP) is 3.31. The second-order valence-electron chi connectivity index (χ2n) is 3.29. The number of aliphatic hydroxyl groups excluding tert-OH is 2. The third-order valence-corrected chi connectivity index (χ3v) is 3.35. The van der Waals surface area contributed by atoms with Gasteiger partial charge in [-0.15, -0.1) is 0 Å². The summed E-state index contributed by atoms with van der Waals surface area (Å²) in [5.74, 6) is -0.714. The van der Waals surface area contributed by atoms with Crippen molar-refractivity contribution in [1.29, 1.82) is 0 Å². The van der Waals surface area contributed by atoms with Crippen molar-refractivity contribution in [3.8, 4) is 0 Å². The lowest BCUT2D eigenvalue weighted by Crippen LogP contribution is -2.18. The smallest absolute Gasteiger partial charge is 0.143 e. The van der Waals surface area contributed by atoms with Gasteiger partial charge in [-0.1, -0.05) is 39.1 Å². The van der Waals surface area contributed by atoms with Crippen LogP contribution in [-0.2, 0) is 0 Å². The number of halogens is 4. The van der Waals surface area contributed by atoms with Crippen LogP contribution in [0.2, 0.25) is 10.0 Å². The molecule has 0 aliphatic heterocycles. The summed E-state index contributed by atoms with van der Waals surface area (Å²) in [4.78, 5) is 0. The molecule has 6 heteroatoms. The molecule has 0 spiro atoms. The summed E-state index contributed by atoms with van der Waals surface area (Å²) in [6.07, 6.45) is -1.80.